The number of alkyl halides is 3. The Morgan fingerprint density at radius 1 is 1.09 bits per heavy atom. The van der Waals surface area contributed by atoms with Crippen LogP contribution in [0.4, 0.5) is 40.7 Å². The van der Waals surface area contributed by atoms with Crippen molar-refractivity contribution in [3.63, 3.8) is 0 Å². The van der Waals surface area contributed by atoms with Crippen molar-refractivity contribution in [1.29, 1.82) is 0 Å². The third-order valence-electron chi connectivity index (χ3n) is 3.98. The molecule has 2 heterocycles. The van der Waals surface area contributed by atoms with E-state index in [1.807, 2.05) is 31.2 Å². The first-order valence-corrected chi connectivity index (χ1v) is 9.07. The van der Waals surface area contributed by atoms with Gasteiger partial charge in [0.1, 0.15) is 0 Å². The molecule has 0 spiro atoms. The van der Waals surface area contributed by atoms with Crippen LogP contribution in [-0.4, -0.2) is 32.2 Å². The van der Waals surface area contributed by atoms with Gasteiger partial charge in [-0.05, 0) is 37.3 Å². The predicted molar refractivity (Wildman–Crippen MR) is 110 cm³/mol. The molecule has 4 rings (SSSR count). The molecule has 2 aromatic heterocycles. The average Bonchev–Trinajstić information content (AvgIpc) is 3.11. The van der Waals surface area contributed by atoms with Crippen LogP contribution < -0.4 is 16.4 Å². The van der Waals surface area contributed by atoms with Crippen molar-refractivity contribution in [1.82, 2.24) is 15.0 Å². The van der Waals surface area contributed by atoms with E-state index in [-0.39, 0.29) is 11.8 Å². The zero-order valence-electron chi connectivity index (χ0n) is 16.7. The summed E-state index contributed by atoms with van der Waals surface area (Å²) in [5, 5.41) is 13.0. The monoisotopic (exact) mass is 465 g/mol. The molecule has 9 nitrogen and oxygen atoms in total. The number of nitrogens with one attached hydrogen (secondary N) is 3. The van der Waals surface area contributed by atoms with Gasteiger partial charge in [0, 0.05) is 11.4 Å². The smallest absolute Gasteiger partial charge is 0.475 e. The molecule has 0 saturated heterocycles. The van der Waals surface area contributed by atoms with Crippen molar-refractivity contribution in [2.24, 2.45) is 0 Å². The van der Waals surface area contributed by atoms with Gasteiger partial charge in [0.25, 0.3) is 0 Å². The summed E-state index contributed by atoms with van der Waals surface area (Å²) >= 11 is 0. The number of oxazole rings is 1. The predicted octanol–water partition coefficient (Wildman–Crippen LogP) is 4.48. The van der Waals surface area contributed by atoms with Crippen molar-refractivity contribution >= 4 is 40.2 Å². The van der Waals surface area contributed by atoms with Crippen LogP contribution in [-0.2, 0) is 4.79 Å². The average molecular weight is 465 g/mol. The van der Waals surface area contributed by atoms with Gasteiger partial charge in [0.15, 0.2) is 17.2 Å². The Morgan fingerprint density at radius 2 is 1.73 bits per heavy atom. The van der Waals surface area contributed by atoms with Gasteiger partial charge in [0.05, 0.1) is 11.7 Å². The summed E-state index contributed by atoms with van der Waals surface area (Å²) in [6.45, 7) is 1.99. The van der Waals surface area contributed by atoms with Crippen molar-refractivity contribution in [2.75, 3.05) is 10.6 Å². The van der Waals surface area contributed by atoms with Gasteiger partial charge in [-0.3, -0.25) is 4.98 Å². The van der Waals surface area contributed by atoms with Gasteiger partial charge in [0.2, 0.25) is 5.95 Å². The molecule has 4 N–H and O–H groups in total. The molecule has 0 atom stereocenters. The molecular formula is C20H15F4N5O4. The van der Waals surface area contributed by atoms with E-state index in [1.165, 1.54) is 0 Å². The fourth-order valence-electron chi connectivity index (χ4n) is 2.45. The van der Waals surface area contributed by atoms with Crippen LogP contribution in [0.2, 0.25) is 0 Å². The third kappa shape index (κ3) is 6.29. The van der Waals surface area contributed by atoms with E-state index in [0.29, 0.717) is 16.8 Å². The second kappa shape index (κ2) is 9.38. The molecule has 0 bridgehead atoms. The molecular weight excluding hydrogens is 450 g/mol. The number of aliphatic carboxylic acids is 1. The SMILES string of the molecule is Cc1ccc(Nc2ncc(F)c(Nc3ccc4oc(=O)[nH]c4c3)n2)cc1.O=C(O)C(F)(F)F. The maximum Gasteiger partial charge on any atom is 0.490 e. The van der Waals surface area contributed by atoms with Crippen LogP contribution in [0.5, 0.6) is 0 Å². The van der Waals surface area contributed by atoms with Gasteiger partial charge < -0.3 is 20.2 Å². The number of carboxylic acid groups (broad SMARTS) is 1. The van der Waals surface area contributed by atoms with Crippen molar-refractivity contribution in [3.8, 4) is 0 Å². The standard InChI is InChI=1S/C18H14FN5O2.C2HF3O2/c1-10-2-4-11(5-3-10)22-17-20-9-13(19)16(24-17)21-12-6-7-15-14(8-12)23-18(25)26-15;3-2(4,5)1(6)7/h2-9H,1H3,(H,23,25)(H2,20,21,22,24);(H,6,7). The molecule has 2 aromatic carbocycles. The zero-order valence-corrected chi connectivity index (χ0v) is 16.7. The van der Waals surface area contributed by atoms with Crippen LogP contribution in [0.25, 0.3) is 11.1 Å². The second-order valence-electron chi connectivity index (χ2n) is 6.53. The maximum atomic E-state index is 14.1. The summed E-state index contributed by atoms with van der Waals surface area (Å²) in [7, 11) is 0. The molecule has 0 radical (unpaired) electrons. The maximum absolute atomic E-state index is 14.1. The normalized spacial score (nSPS) is 10.9. The van der Waals surface area contributed by atoms with Gasteiger partial charge in [-0.25, -0.2) is 19.0 Å². The first kappa shape index (κ1) is 23.2. The first-order chi connectivity index (χ1) is 15.5. The Hall–Kier alpha value is -4.42. The Balaban J connectivity index is 0.000000383. The van der Waals surface area contributed by atoms with E-state index in [0.717, 1.165) is 17.4 Å². The molecule has 13 heteroatoms. The highest BCUT2D eigenvalue weighted by Crippen LogP contribution is 2.23. The first-order valence-electron chi connectivity index (χ1n) is 9.07. The van der Waals surface area contributed by atoms with E-state index >= 15 is 0 Å². The number of carboxylic acids is 1. The molecule has 0 saturated carbocycles. The number of fused-ring (bicyclic) bond motifs is 1. The number of nitrogens with zero attached hydrogens (tertiary/aromatic N) is 2. The number of benzene rings is 2. The molecule has 0 unspecified atom stereocenters. The lowest BCUT2D eigenvalue weighted by atomic mass is 10.2. The number of aryl methyl sites for hydroxylation is 1. The van der Waals surface area contributed by atoms with Crippen LogP contribution in [0.3, 0.4) is 0 Å². The summed E-state index contributed by atoms with van der Waals surface area (Å²) in [6.07, 6.45) is -4.00. The number of anilines is 4. The molecule has 0 fully saturated rings. The van der Waals surface area contributed by atoms with E-state index in [9.17, 15) is 22.4 Å². The highest BCUT2D eigenvalue weighted by Gasteiger charge is 2.38. The van der Waals surface area contributed by atoms with E-state index in [1.54, 1.807) is 18.2 Å². The lowest BCUT2D eigenvalue weighted by Gasteiger charge is -2.09. The van der Waals surface area contributed by atoms with Gasteiger partial charge in [-0.2, -0.15) is 18.2 Å². The molecule has 0 aliphatic rings. The van der Waals surface area contributed by atoms with Gasteiger partial charge in [-0.15, -0.1) is 0 Å². The Kier molecular flexibility index (Phi) is 6.61. The summed E-state index contributed by atoms with van der Waals surface area (Å²) in [6, 6.07) is 12.6. The zero-order chi connectivity index (χ0) is 24.2. The van der Waals surface area contributed by atoms with E-state index in [2.05, 4.69) is 25.6 Å². The lowest BCUT2D eigenvalue weighted by Crippen LogP contribution is -2.21. The fraction of sp³-hybridized carbons (Fsp3) is 0.100. The fourth-order valence-corrected chi connectivity index (χ4v) is 2.45. The summed E-state index contributed by atoms with van der Waals surface area (Å²) in [5.41, 5.74) is 3.41. The lowest BCUT2D eigenvalue weighted by molar-refractivity contribution is -0.192. The van der Waals surface area contributed by atoms with Crippen LogP contribution in [0, 0.1) is 12.7 Å². The van der Waals surface area contributed by atoms with Crippen LogP contribution in [0.1, 0.15) is 5.56 Å². The largest absolute Gasteiger partial charge is 0.490 e. The third-order valence-corrected chi connectivity index (χ3v) is 3.98. The van der Waals surface area contributed by atoms with Gasteiger partial charge in [-0.1, -0.05) is 17.7 Å². The number of carbonyl (C=O) groups is 1. The topological polar surface area (TPSA) is 133 Å². The van der Waals surface area contributed by atoms with E-state index < -0.39 is 23.7 Å². The van der Waals surface area contributed by atoms with Crippen molar-refractivity contribution in [2.45, 2.75) is 13.1 Å². The van der Waals surface area contributed by atoms with Crippen molar-refractivity contribution < 1.29 is 31.9 Å². The Morgan fingerprint density at radius 3 is 2.36 bits per heavy atom. The highest BCUT2D eigenvalue weighted by molar-refractivity contribution is 5.78. The molecule has 0 aliphatic carbocycles. The number of hydrogen-bond donors (Lipinski definition) is 4. The second-order valence-corrected chi connectivity index (χ2v) is 6.53. The van der Waals surface area contributed by atoms with E-state index in [4.69, 9.17) is 14.3 Å². The minimum Gasteiger partial charge on any atom is -0.475 e. The number of hydrogen-bond acceptors (Lipinski definition) is 7. The van der Waals surface area contributed by atoms with Gasteiger partial charge >= 0.3 is 17.9 Å². The molecule has 0 aliphatic heterocycles. The highest BCUT2D eigenvalue weighted by atomic mass is 19.4. The number of H-pyrrole nitrogens is 1. The minimum absolute atomic E-state index is 0.0137. The summed E-state index contributed by atoms with van der Waals surface area (Å²) in [5.74, 6) is -3.63. The summed E-state index contributed by atoms with van der Waals surface area (Å²) < 4.78 is 50.8. The quantitative estimate of drug-likeness (QED) is 0.324. The molecule has 172 valence electrons. The number of halogens is 4. The molecule has 0 amide bonds. The van der Waals surface area contributed by atoms with Crippen LogP contribution in [0.15, 0.2) is 57.9 Å². The van der Waals surface area contributed by atoms with Crippen molar-refractivity contribution in [3.05, 3.63) is 70.6 Å². The Bertz CT molecular complexity index is 1330. The molecule has 4 aromatic rings. The summed E-state index contributed by atoms with van der Waals surface area (Å²) in [4.78, 5) is 30.8. The molecule has 33 heavy (non-hydrogen) atoms. The minimum atomic E-state index is -5.08. The van der Waals surface area contributed by atoms with Crippen LogP contribution >= 0.6 is 0 Å². The number of aromatic nitrogens is 3. The number of rotatable bonds is 4. The Labute approximate surface area is 182 Å². The number of aromatic amines is 1.